The number of rotatable bonds is 28. The first-order chi connectivity index (χ1) is 17.2. The molecule has 0 heterocycles. The van der Waals surface area contributed by atoms with Gasteiger partial charge in [0.05, 0.1) is 13.2 Å². The van der Waals surface area contributed by atoms with E-state index < -0.39 is 6.10 Å². The van der Waals surface area contributed by atoms with Crippen LogP contribution in [0.15, 0.2) is 12.2 Å². The van der Waals surface area contributed by atoms with Gasteiger partial charge in [-0.15, -0.1) is 0 Å². The Balaban J connectivity index is 3.36. The molecular weight excluding hydrogens is 436 g/mol. The van der Waals surface area contributed by atoms with E-state index in [1.165, 1.54) is 116 Å². The molecule has 0 aliphatic carbocycles. The van der Waals surface area contributed by atoms with Crippen molar-refractivity contribution < 1.29 is 19.4 Å². The van der Waals surface area contributed by atoms with Crippen LogP contribution in [0.3, 0.4) is 0 Å². The first-order valence-electron chi connectivity index (χ1n) is 15.3. The van der Waals surface area contributed by atoms with Gasteiger partial charge >= 0.3 is 5.97 Å². The van der Waals surface area contributed by atoms with Gasteiger partial charge in [-0.2, -0.15) is 0 Å². The van der Waals surface area contributed by atoms with Gasteiger partial charge < -0.3 is 14.6 Å². The molecule has 1 N–H and O–H groups in total. The number of carbonyl (C=O) groups is 1. The zero-order valence-corrected chi connectivity index (χ0v) is 23.6. The first kappa shape index (κ1) is 34.1. The van der Waals surface area contributed by atoms with E-state index >= 15 is 0 Å². The number of aliphatic hydroxyl groups excluding tert-OH is 1. The Morgan fingerprint density at radius 2 is 1.11 bits per heavy atom. The number of ether oxygens (including phenoxy) is 2. The number of allylic oxidation sites excluding steroid dienone is 2. The zero-order valence-electron chi connectivity index (χ0n) is 23.6. The summed E-state index contributed by atoms with van der Waals surface area (Å²) < 4.78 is 11.0. The summed E-state index contributed by atoms with van der Waals surface area (Å²) >= 11 is 0. The van der Waals surface area contributed by atoms with E-state index in [0.29, 0.717) is 19.6 Å². The summed E-state index contributed by atoms with van der Waals surface area (Å²) in [4.78, 5) is 11.9. The van der Waals surface area contributed by atoms with Crippen molar-refractivity contribution >= 4 is 5.97 Å². The molecule has 0 amide bonds. The van der Waals surface area contributed by atoms with Crippen LogP contribution in [0, 0.1) is 0 Å². The second-order valence-corrected chi connectivity index (χ2v) is 10.2. The molecule has 0 spiro atoms. The van der Waals surface area contributed by atoms with E-state index in [2.05, 4.69) is 26.0 Å². The lowest BCUT2D eigenvalue weighted by molar-refractivity contribution is -0.154. The van der Waals surface area contributed by atoms with E-state index in [-0.39, 0.29) is 12.6 Å². The summed E-state index contributed by atoms with van der Waals surface area (Å²) in [6, 6.07) is 0. The monoisotopic (exact) mass is 496 g/mol. The molecule has 4 heteroatoms. The van der Waals surface area contributed by atoms with Crippen molar-refractivity contribution in [3.8, 4) is 0 Å². The zero-order chi connectivity index (χ0) is 25.7. The van der Waals surface area contributed by atoms with Gasteiger partial charge in [-0.1, -0.05) is 122 Å². The van der Waals surface area contributed by atoms with Crippen LogP contribution in [0.2, 0.25) is 0 Å². The molecular formula is C31H60O4. The average Bonchev–Trinajstić information content (AvgIpc) is 2.86. The number of carbonyl (C=O) groups excluding carboxylic acids is 1. The first-order valence-corrected chi connectivity index (χ1v) is 15.3. The van der Waals surface area contributed by atoms with Crippen LogP contribution in [0.25, 0.3) is 0 Å². The van der Waals surface area contributed by atoms with Crippen molar-refractivity contribution in [1.29, 1.82) is 0 Å². The molecule has 0 saturated carbocycles. The molecule has 0 aromatic rings. The summed E-state index contributed by atoms with van der Waals surface area (Å²) in [6.07, 6.45) is 31.2. The van der Waals surface area contributed by atoms with Crippen LogP contribution >= 0.6 is 0 Å². The van der Waals surface area contributed by atoms with Gasteiger partial charge in [0, 0.05) is 13.0 Å². The Morgan fingerprint density at radius 1 is 0.657 bits per heavy atom. The molecule has 0 fully saturated rings. The number of hydrogen-bond acceptors (Lipinski definition) is 4. The van der Waals surface area contributed by atoms with Crippen molar-refractivity contribution in [2.24, 2.45) is 0 Å². The summed E-state index contributed by atoms with van der Waals surface area (Å²) in [6.45, 7) is 5.26. The molecule has 0 aliphatic heterocycles. The highest BCUT2D eigenvalue weighted by atomic mass is 16.6. The Hall–Kier alpha value is -0.870. The lowest BCUT2D eigenvalue weighted by Crippen LogP contribution is -2.27. The van der Waals surface area contributed by atoms with Gasteiger partial charge in [-0.3, -0.25) is 4.79 Å². The minimum atomic E-state index is -0.525. The van der Waals surface area contributed by atoms with Crippen LogP contribution in [0.1, 0.15) is 155 Å². The number of esters is 1. The predicted molar refractivity (Wildman–Crippen MR) is 150 cm³/mol. The minimum Gasteiger partial charge on any atom is -0.457 e. The van der Waals surface area contributed by atoms with E-state index in [0.717, 1.165) is 19.3 Å². The summed E-state index contributed by atoms with van der Waals surface area (Å²) in [7, 11) is 0. The highest BCUT2D eigenvalue weighted by Crippen LogP contribution is 2.12. The van der Waals surface area contributed by atoms with Gasteiger partial charge in [-0.25, -0.2) is 0 Å². The molecule has 35 heavy (non-hydrogen) atoms. The molecule has 0 radical (unpaired) electrons. The van der Waals surface area contributed by atoms with Crippen molar-refractivity contribution in [2.45, 2.75) is 161 Å². The highest BCUT2D eigenvalue weighted by Gasteiger charge is 2.13. The molecule has 208 valence electrons. The summed E-state index contributed by atoms with van der Waals surface area (Å²) in [5.41, 5.74) is 0. The van der Waals surface area contributed by atoms with Gasteiger partial charge in [0.25, 0.3) is 0 Å². The Labute approximate surface area is 218 Å². The lowest BCUT2D eigenvalue weighted by Gasteiger charge is -2.15. The molecule has 0 aliphatic rings. The van der Waals surface area contributed by atoms with Crippen LogP contribution < -0.4 is 0 Å². The SMILES string of the molecule is CCCCCCCC/C=C\CCCCCCCCCCOCC(CO)OC(=O)CCCCCCC. The fourth-order valence-corrected chi connectivity index (χ4v) is 4.26. The molecule has 0 saturated heterocycles. The fourth-order valence-electron chi connectivity index (χ4n) is 4.26. The maximum absolute atomic E-state index is 11.9. The maximum atomic E-state index is 11.9. The topological polar surface area (TPSA) is 55.8 Å². The van der Waals surface area contributed by atoms with E-state index in [1.54, 1.807) is 0 Å². The van der Waals surface area contributed by atoms with Crippen molar-refractivity contribution in [3.63, 3.8) is 0 Å². The highest BCUT2D eigenvalue weighted by molar-refractivity contribution is 5.69. The average molecular weight is 497 g/mol. The van der Waals surface area contributed by atoms with Crippen molar-refractivity contribution in [3.05, 3.63) is 12.2 Å². The molecule has 0 aromatic heterocycles. The molecule has 1 atom stereocenters. The molecule has 0 aromatic carbocycles. The van der Waals surface area contributed by atoms with Crippen LogP contribution in [-0.2, 0) is 14.3 Å². The smallest absolute Gasteiger partial charge is 0.306 e. The van der Waals surface area contributed by atoms with E-state index in [1.807, 2.05) is 0 Å². The van der Waals surface area contributed by atoms with Gasteiger partial charge in [0.2, 0.25) is 0 Å². The molecule has 1 unspecified atom stereocenters. The number of unbranched alkanes of at least 4 members (excludes halogenated alkanes) is 18. The Kier molecular flexibility index (Phi) is 28.6. The quantitative estimate of drug-likeness (QED) is 0.0666. The van der Waals surface area contributed by atoms with Crippen LogP contribution in [0.4, 0.5) is 0 Å². The second kappa shape index (κ2) is 29.4. The van der Waals surface area contributed by atoms with Crippen LogP contribution in [-0.4, -0.2) is 37.0 Å². The molecule has 4 nitrogen and oxygen atoms in total. The Morgan fingerprint density at radius 3 is 1.63 bits per heavy atom. The van der Waals surface area contributed by atoms with Crippen LogP contribution in [0.5, 0.6) is 0 Å². The minimum absolute atomic E-state index is 0.170. The molecule has 0 bridgehead atoms. The lowest BCUT2D eigenvalue weighted by atomic mass is 10.1. The number of aliphatic hydroxyl groups is 1. The standard InChI is InChI=1S/C31H60O4/c1-3-5-7-9-10-11-12-13-14-15-16-17-18-19-20-21-23-25-27-34-29-30(28-32)35-31(33)26-24-22-8-6-4-2/h13-14,30,32H,3-12,15-29H2,1-2H3/b14-13-. The summed E-state index contributed by atoms with van der Waals surface area (Å²) in [5, 5.41) is 9.41. The third-order valence-electron chi connectivity index (χ3n) is 6.59. The van der Waals surface area contributed by atoms with Crippen molar-refractivity contribution in [1.82, 2.24) is 0 Å². The molecule has 0 rings (SSSR count). The van der Waals surface area contributed by atoms with Gasteiger partial charge in [0.1, 0.15) is 6.10 Å². The predicted octanol–water partition coefficient (Wildman–Crippen LogP) is 9.09. The third-order valence-corrected chi connectivity index (χ3v) is 6.59. The number of hydrogen-bond donors (Lipinski definition) is 1. The Bertz CT molecular complexity index is 449. The van der Waals surface area contributed by atoms with E-state index in [9.17, 15) is 9.90 Å². The van der Waals surface area contributed by atoms with Gasteiger partial charge in [-0.05, 0) is 38.5 Å². The van der Waals surface area contributed by atoms with Crippen molar-refractivity contribution in [2.75, 3.05) is 19.8 Å². The second-order valence-electron chi connectivity index (χ2n) is 10.2. The van der Waals surface area contributed by atoms with Gasteiger partial charge in [0.15, 0.2) is 0 Å². The van der Waals surface area contributed by atoms with E-state index in [4.69, 9.17) is 9.47 Å². The third kappa shape index (κ3) is 27.6. The summed E-state index contributed by atoms with van der Waals surface area (Å²) in [5.74, 6) is -0.215. The largest absolute Gasteiger partial charge is 0.457 e. The normalized spacial score (nSPS) is 12.4. The fraction of sp³-hybridized carbons (Fsp3) is 0.903. The maximum Gasteiger partial charge on any atom is 0.306 e.